The minimum atomic E-state index is 0.843. The van der Waals surface area contributed by atoms with E-state index in [1.165, 1.54) is 110 Å². The van der Waals surface area contributed by atoms with Gasteiger partial charge in [0.05, 0.1) is 22.7 Å². The van der Waals surface area contributed by atoms with Gasteiger partial charge in [0, 0.05) is 32.9 Å². The Morgan fingerprint density at radius 2 is 0.587 bits per heavy atom. The lowest BCUT2D eigenvalue weighted by Gasteiger charge is -2.29. The summed E-state index contributed by atoms with van der Waals surface area (Å²) in [5.41, 5.74) is 12.3. The standard InChI is InChI=1S/C61H40N2/c1-7-23-52-40(15-1)19-13-29-58(52)62(60-38-42-17-3-5-21-48(42)54-25-9-11-27-56(54)60)46-31-33-50-44(36-46)35-45-37-47(32-34-51(45)50)63(59-30-14-20-41-16-2-8-24-53(41)59)61-39-43-18-4-6-22-49(43)55-26-10-12-28-57(55)61/h1-34,36-39H,35H2. The van der Waals surface area contributed by atoms with Gasteiger partial charge in [0.2, 0.25) is 0 Å². The van der Waals surface area contributed by atoms with Crippen molar-refractivity contribution in [2.24, 2.45) is 0 Å². The molecular formula is C61H40N2. The Bertz CT molecular complexity index is 3550. The van der Waals surface area contributed by atoms with Gasteiger partial charge in [-0.05, 0) is 120 Å². The van der Waals surface area contributed by atoms with Crippen LogP contribution >= 0.6 is 0 Å². The van der Waals surface area contributed by atoms with Crippen LogP contribution in [-0.4, -0.2) is 0 Å². The van der Waals surface area contributed by atoms with Crippen molar-refractivity contribution in [1.29, 1.82) is 0 Å². The van der Waals surface area contributed by atoms with Crippen molar-refractivity contribution >= 4 is 98.8 Å². The lowest BCUT2D eigenvalue weighted by molar-refractivity contribution is 1.23. The van der Waals surface area contributed by atoms with Crippen LogP contribution in [0.3, 0.4) is 0 Å². The van der Waals surface area contributed by atoms with Crippen molar-refractivity contribution in [3.05, 3.63) is 242 Å². The van der Waals surface area contributed by atoms with Crippen LogP contribution in [0.4, 0.5) is 34.1 Å². The highest BCUT2D eigenvalue weighted by atomic mass is 15.2. The number of hydrogen-bond donors (Lipinski definition) is 0. The Balaban J connectivity index is 0.986. The first-order chi connectivity index (χ1) is 31.2. The zero-order chi connectivity index (χ0) is 41.4. The van der Waals surface area contributed by atoms with Gasteiger partial charge in [-0.3, -0.25) is 0 Å². The second kappa shape index (κ2) is 14.2. The van der Waals surface area contributed by atoms with E-state index in [-0.39, 0.29) is 0 Å². The Kier molecular flexibility index (Phi) is 8.01. The quantitative estimate of drug-likeness (QED) is 0.155. The van der Waals surface area contributed by atoms with E-state index >= 15 is 0 Å². The monoisotopic (exact) mass is 800 g/mol. The molecule has 0 bridgehead atoms. The number of nitrogens with zero attached hydrogens (tertiary/aromatic N) is 2. The van der Waals surface area contributed by atoms with Gasteiger partial charge in [-0.1, -0.05) is 182 Å². The van der Waals surface area contributed by atoms with Crippen LogP contribution in [0.15, 0.2) is 231 Å². The first-order valence-electron chi connectivity index (χ1n) is 21.9. The fraction of sp³-hybridized carbons (Fsp3) is 0.0164. The molecular weight excluding hydrogens is 761 g/mol. The third-order valence-electron chi connectivity index (χ3n) is 13.4. The van der Waals surface area contributed by atoms with E-state index < -0.39 is 0 Å². The van der Waals surface area contributed by atoms with Crippen LogP contribution in [0.25, 0.3) is 75.8 Å². The molecule has 1 aliphatic rings. The van der Waals surface area contributed by atoms with Gasteiger partial charge < -0.3 is 9.80 Å². The molecule has 12 aromatic carbocycles. The van der Waals surface area contributed by atoms with Crippen LogP contribution < -0.4 is 9.80 Å². The van der Waals surface area contributed by atoms with Gasteiger partial charge in [0.1, 0.15) is 0 Å². The SMILES string of the molecule is c1ccc2c(N(c3ccc4c(c3)Cc3cc(N(c5cccc6ccccc56)c5cc6ccccc6c6ccccc56)ccc3-4)c3cc4ccccc4c4ccccc34)cccc2c1. The van der Waals surface area contributed by atoms with E-state index in [1.54, 1.807) is 0 Å². The molecule has 0 spiro atoms. The molecule has 0 amide bonds. The molecule has 294 valence electrons. The minimum Gasteiger partial charge on any atom is -0.309 e. The molecule has 0 atom stereocenters. The molecule has 0 N–H and O–H groups in total. The Morgan fingerprint density at radius 3 is 1.03 bits per heavy atom. The van der Waals surface area contributed by atoms with Gasteiger partial charge in [-0.15, -0.1) is 0 Å². The highest BCUT2D eigenvalue weighted by Crippen LogP contribution is 2.49. The summed E-state index contributed by atoms with van der Waals surface area (Å²) in [6.07, 6.45) is 0.843. The van der Waals surface area contributed by atoms with Crippen LogP contribution in [0.5, 0.6) is 0 Å². The summed E-state index contributed by atoms with van der Waals surface area (Å²) in [4.78, 5) is 5.00. The summed E-state index contributed by atoms with van der Waals surface area (Å²) < 4.78 is 0. The zero-order valence-electron chi connectivity index (χ0n) is 34.5. The summed E-state index contributed by atoms with van der Waals surface area (Å²) in [6, 6.07) is 85.2. The van der Waals surface area contributed by atoms with Crippen LogP contribution in [0.2, 0.25) is 0 Å². The molecule has 0 fully saturated rings. The molecule has 0 heterocycles. The van der Waals surface area contributed by atoms with Crippen molar-refractivity contribution in [3.63, 3.8) is 0 Å². The maximum absolute atomic E-state index is 2.50. The molecule has 0 aromatic heterocycles. The molecule has 0 saturated heterocycles. The fourth-order valence-corrected chi connectivity index (χ4v) is 10.5. The second-order valence-corrected chi connectivity index (χ2v) is 16.9. The third kappa shape index (κ3) is 5.65. The predicted molar refractivity (Wildman–Crippen MR) is 269 cm³/mol. The van der Waals surface area contributed by atoms with E-state index in [4.69, 9.17) is 0 Å². The smallest absolute Gasteiger partial charge is 0.0546 e. The van der Waals surface area contributed by atoms with E-state index in [9.17, 15) is 0 Å². The third-order valence-corrected chi connectivity index (χ3v) is 13.4. The Labute approximate surface area is 366 Å². The number of rotatable bonds is 6. The normalized spacial score (nSPS) is 12.1. The summed E-state index contributed by atoms with van der Waals surface area (Å²) in [6.45, 7) is 0. The largest absolute Gasteiger partial charge is 0.309 e. The fourth-order valence-electron chi connectivity index (χ4n) is 10.5. The van der Waals surface area contributed by atoms with Crippen LogP contribution in [-0.2, 0) is 6.42 Å². The molecule has 2 heteroatoms. The minimum absolute atomic E-state index is 0.843. The average molecular weight is 801 g/mol. The average Bonchev–Trinajstić information content (AvgIpc) is 3.71. The summed E-state index contributed by atoms with van der Waals surface area (Å²) in [5.74, 6) is 0. The van der Waals surface area contributed by atoms with Gasteiger partial charge in [0.15, 0.2) is 0 Å². The van der Waals surface area contributed by atoms with Crippen LogP contribution in [0.1, 0.15) is 11.1 Å². The number of hydrogen-bond acceptors (Lipinski definition) is 2. The highest BCUT2D eigenvalue weighted by Gasteiger charge is 2.26. The molecule has 2 nitrogen and oxygen atoms in total. The van der Waals surface area contributed by atoms with E-state index in [0.717, 1.165) is 17.8 Å². The van der Waals surface area contributed by atoms with Gasteiger partial charge >= 0.3 is 0 Å². The van der Waals surface area contributed by atoms with Crippen molar-refractivity contribution in [2.75, 3.05) is 9.80 Å². The summed E-state index contributed by atoms with van der Waals surface area (Å²) >= 11 is 0. The first kappa shape index (κ1) is 35.5. The molecule has 0 aliphatic heterocycles. The number of anilines is 6. The molecule has 0 radical (unpaired) electrons. The van der Waals surface area contributed by atoms with Gasteiger partial charge in [-0.25, -0.2) is 0 Å². The zero-order valence-corrected chi connectivity index (χ0v) is 34.5. The molecule has 0 unspecified atom stereocenters. The maximum atomic E-state index is 2.50. The highest BCUT2D eigenvalue weighted by molar-refractivity contribution is 6.17. The Hall–Kier alpha value is -8.20. The topological polar surface area (TPSA) is 6.48 Å². The van der Waals surface area contributed by atoms with Gasteiger partial charge in [0.25, 0.3) is 0 Å². The van der Waals surface area contributed by atoms with Crippen molar-refractivity contribution in [1.82, 2.24) is 0 Å². The van der Waals surface area contributed by atoms with E-state index in [0.29, 0.717) is 0 Å². The number of fused-ring (bicyclic) bond motifs is 11. The van der Waals surface area contributed by atoms with Crippen molar-refractivity contribution in [2.45, 2.75) is 6.42 Å². The molecule has 1 aliphatic carbocycles. The first-order valence-corrected chi connectivity index (χ1v) is 21.9. The van der Waals surface area contributed by atoms with E-state index in [1.807, 2.05) is 0 Å². The molecule has 0 saturated carbocycles. The van der Waals surface area contributed by atoms with Crippen molar-refractivity contribution < 1.29 is 0 Å². The Morgan fingerprint density at radius 1 is 0.238 bits per heavy atom. The molecule has 63 heavy (non-hydrogen) atoms. The van der Waals surface area contributed by atoms with Gasteiger partial charge in [-0.2, -0.15) is 0 Å². The van der Waals surface area contributed by atoms with E-state index in [2.05, 4.69) is 240 Å². The van der Waals surface area contributed by atoms with Crippen molar-refractivity contribution in [3.8, 4) is 11.1 Å². The number of benzene rings is 12. The molecule has 13 rings (SSSR count). The summed E-state index contributed by atoms with van der Waals surface area (Å²) in [5, 5.41) is 14.9. The lowest BCUT2D eigenvalue weighted by atomic mass is 9.97. The molecule has 12 aromatic rings. The lowest BCUT2D eigenvalue weighted by Crippen LogP contribution is -2.11. The predicted octanol–water partition coefficient (Wildman–Crippen LogP) is 17.1. The van der Waals surface area contributed by atoms with Crippen LogP contribution in [0, 0.1) is 0 Å². The summed E-state index contributed by atoms with van der Waals surface area (Å²) in [7, 11) is 0. The maximum Gasteiger partial charge on any atom is 0.0546 e. The second-order valence-electron chi connectivity index (χ2n) is 16.9.